The Morgan fingerprint density at radius 3 is 2.68 bits per heavy atom. The molecule has 1 aromatic rings. The molecule has 1 saturated carbocycles. The van der Waals surface area contributed by atoms with Crippen molar-refractivity contribution in [2.24, 2.45) is 11.8 Å². The van der Waals surface area contributed by atoms with Crippen molar-refractivity contribution in [2.45, 2.75) is 37.7 Å². The van der Waals surface area contributed by atoms with Crippen LogP contribution in [-0.4, -0.2) is 53.5 Å². The third kappa shape index (κ3) is 3.15. The molecule has 3 heterocycles. The van der Waals surface area contributed by atoms with Crippen LogP contribution in [-0.2, 0) is 9.53 Å². The highest BCUT2D eigenvalue weighted by atomic mass is 16.5. The van der Waals surface area contributed by atoms with Crippen LogP contribution in [0.15, 0.2) is 24.5 Å². The first-order chi connectivity index (χ1) is 12.2. The number of likely N-dealkylation sites (tertiary alicyclic amines) is 1. The third-order valence-electron chi connectivity index (χ3n) is 6.00. The molecule has 6 heteroatoms. The number of amides is 2. The summed E-state index contributed by atoms with van der Waals surface area (Å²) < 4.78 is 6.03. The molecule has 1 N–H and O–H groups in total. The number of hydrogen-bond acceptors (Lipinski definition) is 4. The van der Waals surface area contributed by atoms with E-state index in [-0.39, 0.29) is 17.4 Å². The molecule has 6 nitrogen and oxygen atoms in total. The molecule has 0 radical (unpaired) electrons. The number of ether oxygens (including phenoxy) is 1. The number of nitrogens with zero attached hydrogens (tertiary/aromatic N) is 2. The average molecular weight is 343 g/mol. The summed E-state index contributed by atoms with van der Waals surface area (Å²) in [7, 11) is 0. The van der Waals surface area contributed by atoms with Crippen LogP contribution in [0.1, 0.15) is 42.5 Å². The maximum absolute atomic E-state index is 12.3. The van der Waals surface area contributed by atoms with E-state index < -0.39 is 0 Å². The van der Waals surface area contributed by atoms with Gasteiger partial charge >= 0.3 is 0 Å². The smallest absolute Gasteiger partial charge is 0.251 e. The fourth-order valence-electron chi connectivity index (χ4n) is 4.18. The molecular formula is C19H25N3O3. The van der Waals surface area contributed by atoms with Crippen LogP contribution >= 0.6 is 0 Å². The predicted molar refractivity (Wildman–Crippen MR) is 91.9 cm³/mol. The standard InChI is InChI=1S/C19H25N3O3/c23-17(14-4-8-20-9-5-14)21-10-6-16-7-11-25-19(16)12-22(13-19)18(24)15-2-1-3-15/h4-5,8-9,15-16H,1-3,6-7,10-13H2,(H,21,23)/t16-/m1/s1. The van der Waals surface area contributed by atoms with Crippen molar-refractivity contribution in [3.63, 3.8) is 0 Å². The minimum Gasteiger partial charge on any atom is -0.371 e. The van der Waals surface area contributed by atoms with Gasteiger partial charge in [0.15, 0.2) is 0 Å². The molecule has 4 rings (SSSR count). The van der Waals surface area contributed by atoms with Crippen LogP contribution < -0.4 is 5.32 Å². The van der Waals surface area contributed by atoms with Crippen LogP contribution in [0.4, 0.5) is 0 Å². The minimum absolute atomic E-state index is 0.0641. The fraction of sp³-hybridized carbons (Fsp3) is 0.632. The Hall–Kier alpha value is -1.95. The summed E-state index contributed by atoms with van der Waals surface area (Å²) in [6.45, 7) is 2.85. The van der Waals surface area contributed by atoms with Crippen molar-refractivity contribution in [1.29, 1.82) is 0 Å². The summed E-state index contributed by atoms with van der Waals surface area (Å²) in [4.78, 5) is 30.3. The number of carbonyl (C=O) groups is 2. The van der Waals surface area contributed by atoms with E-state index in [0.717, 1.165) is 45.4 Å². The molecule has 0 unspecified atom stereocenters. The van der Waals surface area contributed by atoms with Gasteiger partial charge in [-0.05, 0) is 43.7 Å². The number of carbonyl (C=O) groups excluding carboxylic acids is 2. The number of pyridine rings is 1. The van der Waals surface area contributed by atoms with E-state index in [0.29, 0.717) is 23.9 Å². The Morgan fingerprint density at radius 1 is 1.24 bits per heavy atom. The summed E-state index contributed by atoms with van der Waals surface area (Å²) in [6.07, 6.45) is 8.43. The molecule has 1 aromatic heterocycles. The summed E-state index contributed by atoms with van der Waals surface area (Å²) in [5.74, 6) is 0.926. The molecule has 1 spiro atoms. The molecule has 1 atom stereocenters. The molecule has 3 fully saturated rings. The van der Waals surface area contributed by atoms with E-state index in [2.05, 4.69) is 10.3 Å². The quantitative estimate of drug-likeness (QED) is 0.882. The molecule has 2 saturated heterocycles. The second-order valence-corrected chi connectivity index (χ2v) is 7.50. The van der Waals surface area contributed by atoms with E-state index in [1.54, 1.807) is 24.5 Å². The average Bonchev–Trinajstić information content (AvgIpc) is 2.96. The highest BCUT2D eigenvalue weighted by molar-refractivity contribution is 5.93. The van der Waals surface area contributed by atoms with Gasteiger partial charge < -0.3 is 15.0 Å². The zero-order valence-corrected chi connectivity index (χ0v) is 14.4. The van der Waals surface area contributed by atoms with Crippen molar-refractivity contribution in [1.82, 2.24) is 15.2 Å². The Labute approximate surface area is 147 Å². The van der Waals surface area contributed by atoms with E-state index in [4.69, 9.17) is 4.74 Å². The summed E-state index contributed by atoms with van der Waals surface area (Å²) in [6, 6.07) is 3.43. The van der Waals surface area contributed by atoms with Crippen LogP contribution in [0.5, 0.6) is 0 Å². The van der Waals surface area contributed by atoms with E-state index in [1.165, 1.54) is 6.42 Å². The lowest BCUT2D eigenvalue weighted by Gasteiger charge is -2.51. The summed E-state index contributed by atoms with van der Waals surface area (Å²) in [5.41, 5.74) is 0.467. The van der Waals surface area contributed by atoms with E-state index in [9.17, 15) is 9.59 Å². The largest absolute Gasteiger partial charge is 0.371 e. The first-order valence-electron chi connectivity index (χ1n) is 9.29. The second-order valence-electron chi connectivity index (χ2n) is 7.50. The number of aromatic nitrogens is 1. The van der Waals surface area contributed by atoms with Gasteiger partial charge in [-0.2, -0.15) is 0 Å². The molecule has 134 valence electrons. The van der Waals surface area contributed by atoms with Crippen molar-refractivity contribution in [3.8, 4) is 0 Å². The van der Waals surface area contributed by atoms with Crippen LogP contribution in [0.3, 0.4) is 0 Å². The van der Waals surface area contributed by atoms with Gasteiger partial charge in [0, 0.05) is 37.0 Å². The number of nitrogens with one attached hydrogen (secondary N) is 1. The van der Waals surface area contributed by atoms with Gasteiger partial charge in [0.25, 0.3) is 5.91 Å². The maximum atomic E-state index is 12.3. The van der Waals surface area contributed by atoms with Gasteiger partial charge in [-0.15, -0.1) is 0 Å². The predicted octanol–water partition coefficient (Wildman–Crippen LogP) is 1.62. The molecular weight excluding hydrogens is 318 g/mol. The van der Waals surface area contributed by atoms with Gasteiger partial charge in [-0.3, -0.25) is 14.6 Å². The monoisotopic (exact) mass is 343 g/mol. The zero-order valence-electron chi connectivity index (χ0n) is 14.4. The summed E-state index contributed by atoms with van der Waals surface area (Å²) >= 11 is 0. The van der Waals surface area contributed by atoms with Crippen LogP contribution in [0.2, 0.25) is 0 Å². The maximum Gasteiger partial charge on any atom is 0.251 e. The fourth-order valence-corrected chi connectivity index (χ4v) is 4.18. The highest BCUT2D eigenvalue weighted by Gasteiger charge is 2.54. The van der Waals surface area contributed by atoms with Gasteiger partial charge in [0.2, 0.25) is 5.91 Å². The number of hydrogen-bond donors (Lipinski definition) is 1. The van der Waals surface area contributed by atoms with Gasteiger partial charge in [-0.1, -0.05) is 6.42 Å². The van der Waals surface area contributed by atoms with Gasteiger partial charge in [-0.25, -0.2) is 0 Å². The lowest BCUT2D eigenvalue weighted by atomic mass is 9.76. The molecule has 2 amide bonds. The molecule has 1 aliphatic carbocycles. The second kappa shape index (κ2) is 6.75. The van der Waals surface area contributed by atoms with E-state index in [1.807, 2.05) is 4.90 Å². The Balaban J connectivity index is 1.25. The van der Waals surface area contributed by atoms with Crippen molar-refractivity contribution >= 4 is 11.8 Å². The first-order valence-corrected chi connectivity index (χ1v) is 9.29. The third-order valence-corrected chi connectivity index (χ3v) is 6.00. The zero-order chi connectivity index (χ0) is 17.3. The van der Waals surface area contributed by atoms with Crippen molar-refractivity contribution < 1.29 is 14.3 Å². The first kappa shape index (κ1) is 16.5. The Morgan fingerprint density at radius 2 is 2.00 bits per heavy atom. The Bertz CT molecular complexity index is 639. The van der Waals surface area contributed by atoms with Crippen LogP contribution in [0, 0.1) is 11.8 Å². The highest BCUT2D eigenvalue weighted by Crippen LogP contribution is 2.43. The SMILES string of the molecule is O=C(NCC[C@@H]1CCOC12CN(C(=O)C1CCC1)C2)c1ccncc1. The normalized spacial score (nSPS) is 24.6. The lowest BCUT2D eigenvalue weighted by molar-refractivity contribution is -0.171. The topological polar surface area (TPSA) is 71.5 Å². The Kier molecular flexibility index (Phi) is 4.46. The molecule has 25 heavy (non-hydrogen) atoms. The minimum atomic E-state index is -0.166. The van der Waals surface area contributed by atoms with Gasteiger partial charge in [0.05, 0.1) is 13.1 Å². The molecule has 2 aliphatic heterocycles. The van der Waals surface area contributed by atoms with E-state index >= 15 is 0 Å². The summed E-state index contributed by atoms with van der Waals surface area (Å²) in [5, 5.41) is 2.98. The molecule has 0 aromatic carbocycles. The molecule has 0 bridgehead atoms. The lowest BCUT2D eigenvalue weighted by Crippen LogP contribution is -2.67. The number of rotatable bonds is 5. The van der Waals surface area contributed by atoms with Crippen molar-refractivity contribution in [2.75, 3.05) is 26.2 Å². The van der Waals surface area contributed by atoms with Crippen molar-refractivity contribution in [3.05, 3.63) is 30.1 Å². The van der Waals surface area contributed by atoms with Crippen LogP contribution in [0.25, 0.3) is 0 Å². The molecule has 3 aliphatic rings. The van der Waals surface area contributed by atoms with Gasteiger partial charge in [0.1, 0.15) is 5.60 Å².